The molecule has 15 heteroatoms. The van der Waals surface area contributed by atoms with E-state index in [-0.39, 0.29) is 49.9 Å². The van der Waals surface area contributed by atoms with E-state index in [1.54, 1.807) is 98.8 Å². The van der Waals surface area contributed by atoms with Crippen molar-refractivity contribution in [3.63, 3.8) is 0 Å². The number of aryl methyl sites for hydroxylation is 3. The summed E-state index contributed by atoms with van der Waals surface area (Å²) < 4.78 is 12.0. The fourth-order valence-electron chi connectivity index (χ4n) is 8.48. The van der Waals surface area contributed by atoms with Crippen molar-refractivity contribution in [3.05, 3.63) is 130 Å². The zero-order valence-electron chi connectivity index (χ0n) is 38.9. The molecule has 2 aliphatic heterocycles. The van der Waals surface area contributed by atoms with Gasteiger partial charge in [0.25, 0.3) is 11.8 Å². The van der Waals surface area contributed by atoms with Crippen LogP contribution >= 0.6 is 11.3 Å². The van der Waals surface area contributed by atoms with Crippen molar-refractivity contribution < 1.29 is 38.6 Å². The third-order valence-electron chi connectivity index (χ3n) is 12.2. The summed E-state index contributed by atoms with van der Waals surface area (Å²) in [6.45, 7) is 20.4. The molecule has 0 spiro atoms. The molecule has 4 aromatic carbocycles. The Balaban J connectivity index is 0.922. The maximum Gasteiger partial charge on any atom is 0.336 e. The SMILES string of the molecule is [C-]#[N+]c1ccc(N2C(=O)N(c3ccc(OCCCOc4ccccc4C(=O)N[C@H](C(=O)N4C[C@H](O)C[C@H]4C(=O)CCc4ccc(-c5scnc5C)cc4)C(C)(C)C)cc3)C(C)(C)C2=O)cc1C. The Hall–Kier alpha value is -6.89. The first kappa shape index (κ1) is 48.1. The second-order valence-corrected chi connectivity index (χ2v) is 19.4. The highest BCUT2D eigenvalue weighted by atomic mass is 32.1. The maximum atomic E-state index is 14.3. The van der Waals surface area contributed by atoms with Crippen molar-refractivity contribution in [3.8, 4) is 21.9 Å². The van der Waals surface area contributed by atoms with E-state index in [4.69, 9.17) is 16.0 Å². The largest absolute Gasteiger partial charge is 0.493 e. The molecule has 2 aliphatic rings. The van der Waals surface area contributed by atoms with Gasteiger partial charge in [0.05, 0.1) is 59.3 Å². The monoisotopic (exact) mass is 924 g/mol. The lowest BCUT2D eigenvalue weighted by Crippen LogP contribution is -2.56. The van der Waals surface area contributed by atoms with Crippen molar-refractivity contribution in [2.45, 2.75) is 97.9 Å². The first-order valence-electron chi connectivity index (χ1n) is 22.3. The number of hydrogen-bond donors (Lipinski definition) is 2. The number of urea groups is 1. The molecule has 7 rings (SSSR count). The Morgan fingerprint density at radius 2 is 1.64 bits per heavy atom. The highest BCUT2D eigenvalue weighted by molar-refractivity contribution is 7.13. The Morgan fingerprint density at radius 1 is 0.955 bits per heavy atom. The van der Waals surface area contributed by atoms with Crippen LogP contribution < -0.4 is 24.6 Å². The van der Waals surface area contributed by atoms with E-state index in [0.717, 1.165) is 26.6 Å². The van der Waals surface area contributed by atoms with Crippen LogP contribution in [0.2, 0.25) is 0 Å². The van der Waals surface area contributed by atoms with Gasteiger partial charge in [0.1, 0.15) is 23.1 Å². The number of rotatable bonds is 16. The molecule has 2 fully saturated rings. The maximum absolute atomic E-state index is 14.3. The van der Waals surface area contributed by atoms with Gasteiger partial charge in [-0.25, -0.2) is 19.5 Å². The molecule has 5 amide bonds. The van der Waals surface area contributed by atoms with Gasteiger partial charge in [-0.1, -0.05) is 63.2 Å². The van der Waals surface area contributed by atoms with Gasteiger partial charge in [0, 0.05) is 31.5 Å². The number of para-hydroxylation sites is 1. The molecule has 3 atom stereocenters. The molecule has 14 nitrogen and oxygen atoms in total. The number of imide groups is 1. The van der Waals surface area contributed by atoms with Crippen LogP contribution in [0.1, 0.15) is 81.1 Å². The van der Waals surface area contributed by atoms with Gasteiger partial charge >= 0.3 is 6.03 Å². The lowest BCUT2D eigenvalue weighted by atomic mass is 9.85. The number of likely N-dealkylation sites (tertiary alicyclic amines) is 1. The van der Waals surface area contributed by atoms with Crippen LogP contribution in [-0.2, 0) is 20.8 Å². The van der Waals surface area contributed by atoms with Crippen LogP contribution in [0.15, 0.2) is 96.5 Å². The highest BCUT2D eigenvalue weighted by Gasteiger charge is 2.53. The van der Waals surface area contributed by atoms with Gasteiger partial charge in [0.2, 0.25) is 5.91 Å². The summed E-state index contributed by atoms with van der Waals surface area (Å²) in [6.07, 6.45) is 0.398. The summed E-state index contributed by atoms with van der Waals surface area (Å²) >= 11 is 1.58. The number of anilines is 2. The minimum atomic E-state index is -1.17. The number of aliphatic hydroxyl groups is 1. The summed E-state index contributed by atoms with van der Waals surface area (Å²) in [6, 6.07) is 24.2. The number of ether oxygens (including phenoxy) is 2. The van der Waals surface area contributed by atoms with Crippen LogP contribution in [0.3, 0.4) is 0 Å². The molecule has 0 radical (unpaired) electrons. The zero-order chi connectivity index (χ0) is 48.2. The molecule has 1 aromatic heterocycles. The number of carbonyl (C=O) groups is 5. The van der Waals surface area contributed by atoms with Crippen LogP contribution in [0.25, 0.3) is 15.3 Å². The average molecular weight is 925 g/mol. The quantitative estimate of drug-likeness (QED) is 0.0559. The topological polar surface area (TPSA) is 163 Å². The molecule has 0 bridgehead atoms. The van der Waals surface area contributed by atoms with E-state index in [1.807, 2.05) is 57.5 Å². The molecule has 5 aromatic rings. The number of thiazole rings is 1. The minimum Gasteiger partial charge on any atom is -0.493 e. The normalized spacial score (nSPS) is 17.3. The van der Waals surface area contributed by atoms with E-state index < -0.39 is 47.0 Å². The number of aliphatic hydroxyl groups excluding tert-OH is 1. The number of amides is 5. The van der Waals surface area contributed by atoms with Crippen molar-refractivity contribution in [1.82, 2.24) is 15.2 Å². The molecule has 0 saturated carbocycles. The number of Topliss-reactive ketones (excluding diaryl/α,β-unsaturated/α-hetero) is 1. The molecule has 2 N–H and O–H groups in total. The van der Waals surface area contributed by atoms with Crippen molar-refractivity contribution >= 4 is 57.9 Å². The Labute approximate surface area is 395 Å². The predicted octanol–water partition coefficient (Wildman–Crippen LogP) is 8.89. The summed E-state index contributed by atoms with van der Waals surface area (Å²) in [7, 11) is 0. The molecule has 3 heterocycles. The van der Waals surface area contributed by atoms with Gasteiger partial charge in [-0.05, 0) is 105 Å². The van der Waals surface area contributed by atoms with E-state index in [0.29, 0.717) is 47.0 Å². The van der Waals surface area contributed by atoms with Crippen LogP contribution in [0.4, 0.5) is 21.9 Å². The molecular weight excluding hydrogens is 869 g/mol. The number of aromatic nitrogens is 1. The molecule has 2 saturated heterocycles. The molecule has 348 valence electrons. The van der Waals surface area contributed by atoms with Gasteiger partial charge in [-0.3, -0.25) is 24.1 Å². The second-order valence-electron chi connectivity index (χ2n) is 18.5. The Morgan fingerprint density at radius 3 is 2.30 bits per heavy atom. The van der Waals surface area contributed by atoms with E-state index in [2.05, 4.69) is 15.1 Å². The number of hydrogen-bond acceptors (Lipinski definition) is 10. The van der Waals surface area contributed by atoms with Crippen molar-refractivity contribution in [2.24, 2.45) is 5.41 Å². The smallest absolute Gasteiger partial charge is 0.336 e. The third-order valence-corrected chi connectivity index (χ3v) is 13.2. The molecular formula is C52H56N6O8S. The number of carbonyl (C=O) groups excluding carboxylic acids is 5. The zero-order valence-corrected chi connectivity index (χ0v) is 39.7. The van der Waals surface area contributed by atoms with Gasteiger partial charge < -0.3 is 24.8 Å². The second kappa shape index (κ2) is 19.9. The van der Waals surface area contributed by atoms with Crippen molar-refractivity contribution in [1.29, 1.82) is 0 Å². The predicted molar refractivity (Wildman–Crippen MR) is 258 cm³/mol. The molecule has 0 aliphatic carbocycles. The van der Waals surface area contributed by atoms with Gasteiger partial charge in [-0.15, -0.1) is 11.3 Å². The average Bonchev–Trinajstić information content (AvgIpc) is 3.96. The van der Waals surface area contributed by atoms with Crippen LogP contribution in [0, 0.1) is 25.8 Å². The summed E-state index contributed by atoms with van der Waals surface area (Å²) in [5.74, 6) is -0.613. The van der Waals surface area contributed by atoms with Gasteiger partial charge in [-0.2, -0.15) is 0 Å². The van der Waals surface area contributed by atoms with Gasteiger partial charge in [0.15, 0.2) is 11.5 Å². The summed E-state index contributed by atoms with van der Waals surface area (Å²) in [5, 5.41) is 13.6. The standard InChI is InChI=1S/C52H56N6O8S/c1-32-28-37(21-24-41(32)53-8)57-49(63)52(6,7)58(50(57)64)36-19-22-39(23-20-36)65-26-11-27-66-44-13-10-9-12-40(44)47(61)55-46(51(3,4)5)48(62)56-30-38(59)29-42(56)43(60)25-16-34-14-17-35(18-15-34)45-33(2)54-31-67-45/h9-10,12-15,17-24,28,31,38,42,46,59H,11,16,25-27,29-30H2,1-7H3,(H,55,61)/t38-,42+,46-/m1/s1. The minimum absolute atomic E-state index is 0.00991. The van der Waals surface area contributed by atoms with Crippen LogP contribution in [-0.4, -0.2) is 88.0 Å². The molecule has 0 unspecified atom stereocenters. The third kappa shape index (κ3) is 10.4. The fraction of sp³-hybridized carbons (Fsp3) is 0.365. The molecule has 67 heavy (non-hydrogen) atoms. The summed E-state index contributed by atoms with van der Waals surface area (Å²) in [4.78, 5) is 82.1. The number of β-amino-alcohol motifs (C(OH)–C–C–N with tert-alkyl or cyclic N) is 1. The first-order chi connectivity index (χ1) is 31.9. The van der Waals surface area contributed by atoms with E-state index in [9.17, 15) is 29.1 Å². The number of nitrogens with zero attached hydrogens (tertiary/aromatic N) is 5. The lowest BCUT2D eigenvalue weighted by Gasteiger charge is -2.35. The summed E-state index contributed by atoms with van der Waals surface area (Å²) in [5.41, 5.74) is 5.20. The lowest BCUT2D eigenvalue weighted by molar-refractivity contribution is -0.141. The van der Waals surface area contributed by atoms with Crippen molar-refractivity contribution in [2.75, 3.05) is 29.6 Å². The highest BCUT2D eigenvalue weighted by Crippen LogP contribution is 2.38. The first-order valence-corrected chi connectivity index (χ1v) is 23.2. The van der Waals surface area contributed by atoms with Crippen LogP contribution in [0.5, 0.6) is 11.5 Å². The number of ketones is 1. The van der Waals surface area contributed by atoms with E-state index >= 15 is 0 Å². The Bertz CT molecular complexity index is 2700. The number of nitrogens with one attached hydrogen (secondary N) is 1. The number of benzene rings is 4. The Kier molecular flexibility index (Phi) is 14.3. The van der Waals surface area contributed by atoms with E-state index in [1.165, 1.54) is 9.80 Å². The fourth-order valence-corrected chi connectivity index (χ4v) is 9.30.